The number of benzene rings is 1. The van der Waals surface area contributed by atoms with Crippen molar-refractivity contribution in [1.29, 1.82) is 5.26 Å². The van der Waals surface area contributed by atoms with Gasteiger partial charge < -0.3 is 15.2 Å². The highest BCUT2D eigenvalue weighted by Crippen LogP contribution is 2.35. The Morgan fingerprint density at radius 2 is 2.25 bits per heavy atom. The Balaban J connectivity index is 3.17. The molecule has 1 unspecified atom stereocenters. The molecule has 0 aromatic heterocycles. The van der Waals surface area contributed by atoms with Crippen molar-refractivity contribution in [2.75, 3.05) is 7.11 Å². The first-order chi connectivity index (χ1) is 7.62. The van der Waals surface area contributed by atoms with E-state index in [1.54, 1.807) is 19.1 Å². The van der Waals surface area contributed by atoms with E-state index in [1.165, 1.54) is 7.11 Å². The van der Waals surface area contributed by atoms with Crippen molar-refractivity contribution in [3.05, 3.63) is 22.7 Å². The summed E-state index contributed by atoms with van der Waals surface area (Å²) in [6.45, 7) is 1.92. The van der Waals surface area contributed by atoms with E-state index in [2.05, 4.69) is 0 Å². The van der Waals surface area contributed by atoms with Gasteiger partial charge in [-0.2, -0.15) is 5.26 Å². The van der Waals surface area contributed by atoms with Gasteiger partial charge in [-0.05, 0) is 13.0 Å². The number of halogens is 1. The summed E-state index contributed by atoms with van der Waals surface area (Å²) in [7, 11) is 1.51. The number of nitrogens with zero attached hydrogens (tertiary/aromatic N) is 1. The molecule has 16 heavy (non-hydrogen) atoms. The number of hydrogen-bond donors (Lipinski definition) is 1. The van der Waals surface area contributed by atoms with Crippen LogP contribution in [0.2, 0.25) is 5.02 Å². The molecule has 0 saturated carbocycles. The van der Waals surface area contributed by atoms with Crippen LogP contribution in [0.15, 0.2) is 12.1 Å². The fourth-order valence-electron chi connectivity index (χ4n) is 1.26. The average Bonchev–Trinajstić information content (AvgIpc) is 2.30. The lowest BCUT2D eigenvalue weighted by Crippen LogP contribution is -2.12. The van der Waals surface area contributed by atoms with Crippen molar-refractivity contribution >= 4 is 11.6 Å². The Morgan fingerprint density at radius 3 is 2.75 bits per heavy atom. The van der Waals surface area contributed by atoms with Crippen LogP contribution in [0.5, 0.6) is 11.5 Å². The number of methoxy groups -OCH3 is 1. The molecule has 5 heteroatoms. The van der Waals surface area contributed by atoms with E-state index in [4.69, 9.17) is 32.1 Å². The zero-order chi connectivity index (χ0) is 12.1. The second-order valence-electron chi connectivity index (χ2n) is 3.19. The molecule has 0 radical (unpaired) electrons. The molecule has 0 fully saturated rings. The number of nitrogens with two attached hydrogens (primary N) is 1. The summed E-state index contributed by atoms with van der Waals surface area (Å²) in [4.78, 5) is 0. The Labute approximate surface area is 99.5 Å². The van der Waals surface area contributed by atoms with Crippen LogP contribution >= 0.6 is 11.6 Å². The van der Waals surface area contributed by atoms with Crippen molar-refractivity contribution in [3.8, 4) is 17.6 Å². The standard InChI is InChI=1S/C11H13ClN2O2/c1-7(5-13)16-11-8(6-14)3-9(12)4-10(11)15-2/h3-4,7H,6,14H2,1-2H3. The van der Waals surface area contributed by atoms with Gasteiger partial charge in [0.2, 0.25) is 0 Å². The van der Waals surface area contributed by atoms with Crippen molar-refractivity contribution < 1.29 is 9.47 Å². The van der Waals surface area contributed by atoms with Gasteiger partial charge in [-0.15, -0.1) is 0 Å². The second-order valence-corrected chi connectivity index (χ2v) is 3.63. The van der Waals surface area contributed by atoms with Crippen molar-refractivity contribution in [2.24, 2.45) is 5.73 Å². The van der Waals surface area contributed by atoms with Crippen LogP contribution in [0.1, 0.15) is 12.5 Å². The van der Waals surface area contributed by atoms with Gasteiger partial charge in [-0.1, -0.05) is 11.6 Å². The van der Waals surface area contributed by atoms with Gasteiger partial charge in [-0.3, -0.25) is 0 Å². The summed E-state index contributed by atoms with van der Waals surface area (Å²) in [5.41, 5.74) is 6.30. The summed E-state index contributed by atoms with van der Waals surface area (Å²) < 4.78 is 10.6. The molecule has 1 aromatic rings. The van der Waals surface area contributed by atoms with Crippen LogP contribution in [-0.2, 0) is 6.54 Å². The summed E-state index contributed by atoms with van der Waals surface area (Å²) in [5, 5.41) is 9.23. The molecule has 1 rings (SSSR count). The molecule has 0 bridgehead atoms. The minimum atomic E-state index is -0.569. The highest BCUT2D eigenvalue weighted by molar-refractivity contribution is 6.30. The molecule has 4 nitrogen and oxygen atoms in total. The van der Waals surface area contributed by atoms with Crippen molar-refractivity contribution in [1.82, 2.24) is 0 Å². The lowest BCUT2D eigenvalue weighted by molar-refractivity contribution is 0.257. The first kappa shape index (κ1) is 12.6. The first-order valence-electron chi connectivity index (χ1n) is 4.75. The van der Waals surface area contributed by atoms with Crippen LogP contribution in [0.25, 0.3) is 0 Å². The fourth-order valence-corrected chi connectivity index (χ4v) is 1.49. The van der Waals surface area contributed by atoms with Crippen molar-refractivity contribution in [2.45, 2.75) is 19.6 Å². The molecule has 0 heterocycles. The van der Waals surface area contributed by atoms with E-state index < -0.39 is 6.10 Å². The van der Waals surface area contributed by atoms with E-state index in [0.29, 0.717) is 22.1 Å². The van der Waals surface area contributed by atoms with E-state index in [-0.39, 0.29) is 6.54 Å². The van der Waals surface area contributed by atoms with Crippen LogP contribution in [0, 0.1) is 11.3 Å². The van der Waals surface area contributed by atoms with Crippen LogP contribution in [0.4, 0.5) is 0 Å². The van der Waals surface area contributed by atoms with Gasteiger partial charge in [0.05, 0.1) is 7.11 Å². The highest BCUT2D eigenvalue weighted by Gasteiger charge is 2.14. The molecular formula is C11H13ClN2O2. The predicted octanol–water partition coefficient (Wildman–Crippen LogP) is 2.10. The number of rotatable bonds is 4. The Hall–Kier alpha value is -1.44. The maximum Gasteiger partial charge on any atom is 0.181 e. The minimum Gasteiger partial charge on any atom is -0.493 e. The van der Waals surface area contributed by atoms with Gasteiger partial charge in [-0.25, -0.2) is 0 Å². The SMILES string of the molecule is COc1cc(Cl)cc(CN)c1OC(C)C#N. The average molecular weight is 241 g/mol. The topological polar surface area (TPSA) is 68.3 Å². The fraction of sp³-hybridized carbons (Fsp3) is 0.364. The maximum absolute atomic E-state index is 8.70. The molecule has 0 spiro atoms. The third-order valence-electron chi connectivity index (χ3n) is 2.01. The van der Waals surface area contributed by atoms with Crippen molar-refractivity contribution in [3.63, 3.8) is 0 Å². The number of ether oxygens (including phenoxy) is 2. The number of nitriles is 1. The maximum atomic E-state index is 8.70. The monoisotopic (exact) mass is 240 g/mol. The van der Waals surface area contributed by atoms with E-state index in [1.807, 2.05) is 6.07 Å². The smallest absolute Gasteiger partial charge is 0.181 e. The predicted molar refractivity (Wildman–Crippen MR) is 61.6 cm³/mol. The Bertz CT molecular complexity index is 390. The third kappa shape index (κ3) is 2.78. The van der Waals surface area contributed by atoms with Crippen LogP contribution in [-0.4, -0.2) is 13.2 Å². The zero-order valence-corrected chi connectivity index (χ0v) is 9.91. The summed E-state index contributed by atoms with van der Waals surface area (Å²) >= 11 is 5.89. The molecule has 86 valence electrons. The van der Waals surface area contributed by atoms with Gasteiger partial charge in [0.1, 0.15) is 6.07 Å². The number of hydrogen-bond acceptors (Lipinski definition) is 4. The molecule has 0 saturated heterocycles. The molecular weight excluding hydrogens is 228 g/mol. The van der Waals surface area contributed by atoms with Gasteiger partial charge in [0, 0.05) is 23.2 Å². The Kier molecular flexibility index (Phi) is 4.41. The van der Waals surface area contributed by atoms with E-state index >= 15 is 0 Å². The summed E-state index contributed by atoms with van der Waals surface area (Å²) in [6.07, 6.45) is -0.569. The van der Waals surface area contributed by atoms with Gasteiger partial charge in [0.15, 0.2) is 17.6 Å². The largest absolute Gasteiger partial charge is 0.493 e. The lowest BCUT2D eigenvalue weighted by atomic mass is 10.2. The third-order valence-corrected chi connectivity index (χ3v) is 2.23. The second kappa shape index (κ2) is 5.59. The summed E-state index contributed by atoms with van der Waals surface area (Å²) in [5.74, 6) is 0.957. The molecule has 1 atom stereocenters. The van der Waals surface area contributed by atoms with Gasteiger partial charge in [0.25, 0.3) is 0 Å². The molecule has 0 amide bonds. The van der Waals surface area contributed by atoms with Crippen LogP contribution < -0.4 is 15.2 Å². The highest BCUT2D eigenvalue weighted by atomic mass is 35.5. The van der Waals surface area contributed by atoms with Gasteiger partial charge >= 0.3 is 0 Å². The lowest BCUT2D eigenvalue weighted by Gasteiger charge is -2.15. The molecule has 0 aliphatic carbocycles. The first-order valence-corrected chi connectivity index (χ1v) is 5.13. The molecule has 1 aromatic carbocycles. The van der Waals surface area contributed by atoms with E-state index in [0.717, 1.165) is 0 Å². The quantitative estimate of drug-likeness (QED) is 0.875. The van der Waals surface area contributed by atoms with E-state index in [9.17, 15) is 0 Å². The minimum absolute atomic E-state index is 0.268. The molecule has 0 aliphatic rings. The normalized spacial score (nSPS) is 11.7. The Morgan fingerprint density at radius 1 is 1.56 bits per heavy atom. The van der Waals surface area contributed by atoms with Crippen LogP contribution in [0.3, 0.4) is 0 Å². The molecule has 0 aliphatic heterocycles. The summed E-state index contributed by atoms with van der Waals surface area (Å²) in [6, 6.07) is 5.30. The zero-order valence-electron chi connectivity index (χ0n) is 9.16. The molecule has 2 N–H and O–H groups in total.